The van der Waals surface area contributed by atoms with Gasteiger partial charge in [0.05, 0.1) is 22.9 Å². The number of furan rings is 1. The van der Waals surface area contributed by atoms with E-state index in [4.69, 9.17) is 27.6 Å². The van der Waals surface area contributed by atoms with Crippen molar-refractivity contribution >= 4 is 28.9 Å². The van der Waals surface area contributed by atoms with E-state index in [2.05, 4.69) is 5.32 Å². The van der Waals surface area contributed by atoms with Crippen LogP contribution in [-0.2, 0) is 6.54 Å². The molecule has 1 aromatic carbocycles. The van der Waals surface area contributed by atoms with Gasteiger partial charge >= 0.3 is 0 Å². The number of nitrogens with one attached hydrogen (secondary N) is 1. The summed E-state index contributed by atoms with van der Waals surface area (Å²) in [5, 5.41) is 12.9. The van der Waals surface area contributed by atoms with Gasteiger partial charge in [0, 0.05) is 5.69 Å². The fraction of sp³-hybridized carbons (Fsp3) is 0.0909. The highest BCUT2D eigenvalue weighted by molar-refractivity contribution is 6.37. The maximum Gasteiger partial charge on any atom is 0.152 e. The SMILES string of the molecule is Oc1c(Cl)cc(NCc2ccco2)cc1Cl. The first-order chi connectivity index (χ1) is 7.66. The van der Waals surface area contributed by atoms with Gasteiger partial charge in [0.25, 0.3) is 0 Å². The number of hydrogen-bond acceptors (Lipinski definition) is 3. The van der Waals surface area contributed by atoms with E-state index in [0.717, 1.165) is 11.4 Å². The fourth-order valence-corrected chi connectivity index (χ4v) is 1.76. The molecule has 0 aliphatic rings. The van der Waals surface area contributed by atoms with Gasteiger partial charge in [-0.15, -0.1) is 0 Å². The highest BCUT2D eigenvalue weighted by Gasteiger charge is 2.06. The number of phenolic OH excluding ortho intramolecular Hbond substituents is 1. The van der Waals surface area contributed by atoms with Gasteiger partial charge in [-0.2, -0.15) is 0 Å². The van der Waals surface area contributed by atoms with Crippen molar-refractivity contribution in [3.05, 3.63) is 46.3 Å². The third-order valence-electron chi connectivity index (χ3n) is 2.06. The molecule has 2 rings (SSSR count). The molecule has 0 bridgehead atoms. The molecule has 1 heterocycles. The molecule has 0 saturated carbocycles. The lowest BCUT2D eigenvalue weighted by molar-refractivity contribution is 0.476. The topological polar surface area (TPSA) is 45.4 Å². The van der Waals surface area contributed by atoms with Crippen molar-refractivity contribution in [2.24, 2.45) is 0 Å². The van der Waals surface area contributed by atoms with Crippen LogP contribution in [0.1, 0.15) is 5.76 Å². The van der Waals surface area contributed by atoms with Crippen molar-refractivity contribution in [1.82, 2.24) is 0 Å². The average Bonchev–Trinajstić information content (AvgIpc) is 2.75. The van der Waals surface area contributed by atoms with Gasteiger partial charge in [0.1, 0.15) is 5.76 Å². The Labute approximate surface area is 103 Å². The predicted molar refractivity (Wildman–Crippen MR) is 64.2 cm³/mol. The van der Waals surface area contributed by atoms with Crippen molar-refractivity contribution in [1.29, 1.82) is 0 Å². The predicted octanol–water partition coefficient (Wildman–Crippen LogP) is 3.90. The second-order valence-electron chi connectivity index (χ2n) is 3.22. The van der Waals surface area contributed by atoms with Crippen LogP contribution in [-0.4, -0.2) is 5.11 Å². The van der Waals surface area contributed by atoms with Crippen molar-refractivity contribution in [2.75, 3.05) is 5.32 Å². The molecule has 3 nitrogen and oxygen atoms in total. The molecule has 0 atom stereocenters. The fourth-order valence-electron chi connectivity index (χ4n) is 1.27. The Morgan fingerprint density at radius 2 is 1.94 bits per heavy atom. The molecule has 0 aliphatic heterocycles. The molecule has 0 radical (unpaired) electrons. The maximum absolute atomic E-state index is 9.37. The molecule has 1 aromatic heterocycles. The molecule has 84 valence electrons. The lowest BCUT2D eigenvalue weighted by atomic mass is 10.3. The molecular weight excluding hydrogens is 249 g/mol. The summed E-state index contributed by atoms with van der Waals surface area (Å²) >= 11 is 11.6. The number of halogens is 2. The summed E-state index contributed by atoms with van der Waals surface area (Å²) in [6, 6.07) is 6.88. The highest BCUT2D eigenvalue weighted by atomic mass is 35.5. The minimum Gasteiger partial charge on any atom is -0.505 e. The molecule has 0 aliphatic carbocycles. The molecule has 2 aromatic rings. The highest BCUT2D eigenvalue weighted by Crippen LogP contribution is 2.34. The van der Waals surface area contributed by atoms with Crippen LogP contribution in [0.3, 0.4) is 0 Å². The van der Waals surface area contributed by atoms with Gasteiger partial charge < -0.3 is 14.8 Å². The summed E-state index contributed by atoms with van der Waals surface area (Å²) < 4.78 is 5.16. The number of hydrogen-bond donors (Lipinski definition) is 2. The zero-order valence-electron chi connectivity index (χ0n) is 8.21. The van der Waals surface area contributed by atoms with E-state index in [-0.39, 0.29) is 15.8 Å². The Hall–Kier alpha value is -1.32. The second-order valence-corrected chi connectivity index (χ2v) is 4.04. The Morgan fingerprint density at radius 1 is 1.25 bits per heavy atom. The van der Waals surface area contributed by atoms with Crippen molar-refractivity contribution in [3.63, 3.8) is 0 Å². The number of phenols is 1. The molecular formula is C11H9Cl2NO2. The van der Waals surface area contributed by atoms with Crippen LogP contribution in [0.5, 0.6) is 5.75 Å². The van der Waals surface area contributed by atoms with E-state index in [1.54, 1.807) is 18.4 Å². The van der Waals surface area contributed by atoms with Crippen molar-refractivity contribution < 1.29 is 9.52 Å². The zero-order chi connectivity index (χ0) is 11.5. The van der Waals surface area contributed by atoms with Crippen LogP contribution in [0, 0.1) is 0 Å². The van der Waals surface area contributed by atoms with Crippen LogP contribution in [0.4, 0.5) is 5.69 Å². The van der Waals surface area contributed by atoms with Crippen LogP contribution in [0.2, 0.25) is 10.0 Å². The lowest BCUT2D eigenvalue weighted by Crippen LogP contribution is -1.97. The molecule has 5 heteroatoms. The van der Waals surface area contributed by atoms with E-state index >= 15 is 0 Å². The first-order valence-electron chi connectivity index (χ1n) is 4.61. The Kier molecular flexibility index (Phi) is 3.27. The summed E-state index contributed by atoms with van der Waals surface area (Å²) in [4.78, 5) is 0. The first kappa shape index (κ1) is 11.2. The van der Waals surface area contributed by atoms with Gasteiger partial charge in [0.2, 0.25) is 0 Å². The monoisotopic (exact) mass is 257 g/mol. The van der Waals surface area contributed by atoms with Crippen LogP contribution in [0.25, 0.3) is 0 Å². The normalized spacial score (nSPS) is 10.4. The summed E-state index contributed by atoms with van der Waals surface area (Å²) in [7, 11) is 0. The maximum atomic E-state index is 9.37. The number of anilines is 1. The zero-order valence-corrected chi connectivity index (χ0v) is 9.72. The molecule has 16 heavy (non-hydrogen) atoms. The summed E-state index contributed by atoms with van der Waals surface area (Å²) in [5.41, 5.74) is 0.726. The second kappa shape index (κ2) is 4.68. The number of rotatable bonds is 3. The van der Waals surface area contributed by atoms with Crippen LogP contribution < -0.4 is 5.32 Å². The van der Waals surface area contributed by atoms with E-state index in [1.807, 2.05) is 12.1 Å². The number of aromatic hydroxyl groups is 1. The van der Waals surface area contributed by atoms with Gasteiger partial charge in [-0.3, -0.25) is 0 Å². The third kappa shape index (κ3) is 2.43. The Balaban J connectivity index is 2.10. The Morgan fingerprint density at radius 3 is 2.50 bits per heavy atom. The average molecular weight is 258 g/mol. The Bertz CT molecular complexity index is 460. The summed E-state index contributed by atoms with van der Waals surface area (Å²) in [5.74, 6) is 0.701. The van der Waals surface area contributed by atoms with Gasteiger partial charge in [-0.05, 0) is 24.3 Å². The summed E-state index contributed by atoms with van der Waals surface area (Å²) in [6.07, 6.45) is 1.60. The minimum absolute atomic E-state index is 0.105. The quantitative estimate of drug-likeness (QED) is 0.820. The van der Waals surface area contributed by atoms with E-state index in [9.17, 15) is 5.11 Å². The molecule has 2 N–H and O–H groups in total. The molecule has 0 fully saturated rings. The molecule has 0 amide bonds. The van der Waals surface area contributed by atoms with Gasteiger partial charge in [-0.25, -0.2) is 0 Å². The van der Waals surface area contributed by atoms with E-state index < -0.39 is 0 Å². The molecule has 0 spiro atoms. The van der Waals surface area contributed by atoms with Gasteiger partial charge in [0.15, 0.2) is 5.75 Å². The first-order valence-corrected chi connectivity index (χ1v) is 5.36. The van der Waals surface area contributed by atoms with E-state index in [1.165, 1.54) is 0 Å². The largest absolute Gasteiger partial charge is 0.505 e. The third-order valence-corrected chi connectivity index (χ3v) is 2.64. The summed E-state index contributed by atoms with van der Waals surface area (Å²) in [6.45, 7) is 0.532. The van der Waals surface area contributed by atoms with E-state index in [0.29, 0.717) is 6.54 Å². The smallest absolute Gasteiger partial charge is 0.152 e. The van der Waals surface area contributed by atoms with Gasteiger partial charge in [-0.1, -0.05) is 23.2 Å². The number of benzene rings is 1. The van der Waals surface area contributed by atoms with Crippen LogP contribution in [0.15, 0.2) is 34.9 Å². The lowest BCUT2D eigenvalue weighted by Gasteiger charge is -2.07. The minimum atomic E-state index is -0.105. The van der Waals surface area contributed by atoms with Crippen LogP contribution >= 0.6 is 23.2 Å². The molecule has 0 unspecified atom stereocenters. The molecule has 0 saturated heterocycles. The van der Waals surface area contributed by atoms with Crippen molar-refractivity contribution in [3.8, 4) is 5.75 Å². The van der Waals surface area contributed by atoms with Crippen molar-refractivity contribution in [2.45, 2.75) is 6.54 Å². The standard InChI is InChI=1S/C11H9Cl2NO2/c12-9-4-7(5-10(13)11(9)15)14-6-8-2-1-3-16-8/h1-5,14-15H,6H2.